The van der Waals surface area contributed by atoms with Gasteiger partial charge in [-0.05, 0) is 60.5 Å². The van der Waals surface area contributed by atoms with E-state index in [0.717, 1.165) is 11.1 Å². The van der Waals surface area contributed by atoms with Gasteiger partial charge in [0.2, 0.25) is 9.84 Å². The van der Waals surface area contributed by atoms with Crippen molar-refractivity contribution < 1.29 is 18.0 Å². The van der Waals surface area contributed by atoms with E-state index in [-0.39, 0.29) is 45.1 Å². The van der Waals surface area contributed by atoms with Gasteiger partial charge in [0.15, 0.2) is 0 Å². The molecule has 1 heterocycles. The van der Waals surface area contributed by atoms with Crippen molar-refractivity contribution in [2.24, 2.45) is 0 Å². The van der Waals surface area contributed by atoms with E-state index in [2.05, 4.69) is 5.32 Å². The van der Waals surface area contributed by atoms with Gasteiger partial charge in [0, 0.05) is 10.6 Å². The Morgan fingerprint density at radius 3 is 2.38 bits per heavy atom. The van der Waals surface area contributed by atoms with E-state index in [1.807, 2.05) is 43.3 Å². The Kier molecular flexibility index (Phi) is 6.58. The Labute approximate surface area is 220 Å². The van der Waals surface area contributed by atoms with Gasteiger partial charge in [-0.25, -0.2) is 8.42 Å². The number of amides is 2. The zero-order valence-electron chi connectivity index (χ0n) is 19.9. The van der Waals surface area contributed by atoms with Crippen molar-refractivity contribution in [2.75, 3.05) is 4.90 Å². The van der Waals surface area contributed by atoms with Gasteiger partial charge >= 0.3 is 0 Å². The first-order chi connectivity index (χ1) is 17.8. The molecule has 0 aliphatic carbocycles. The predicted octanol–water partition coefficient (Wildman–Crippen LogP) is 5.82. The van der Waals surface area contributed by atoms with Crippen LogP contribution in [0.1, 0.15) is 44.8 Å². The van der Waals surface area contributed by atoms with Crippen molar-refractivity contribution in [1.29, 1.82) is 0 Å². The van der Waals surface area contributed by atoms with Gasteiger partial charge < -0.3 is 10.2 Å². The lowest BCUT2D eigenvalue weighted by atomic mass is 10.1. The molecule has 6 nitrogen and oxygen atoms in total. The van der Waals surface area contributed by atoms with E-state index in [1.165, 1.54) is 35.2 Å². The van der Waals surface area contributed by atoms with E-state index in [0.29, 0.717) is 5.02 Å². The number of nitrogens with one attached hydrogen (secondary N) is 1. The van der Waals surface area contributed by atoms with Crippen molar-refractivity contribution in [3.05, 3.63) is 124 Å². The molecule has 0 bridgehead atoms. The molecule has 0 aromatic heterocycles. The second kappa shape index (κ2) is 9.84. The van der Waals surface area contributed by atoms with Crippen LogP contribution in [0.25, 0.3) is 0 Å². The number of hydrogen-bond acceptors (Lipinski definition) is 4. The molecule has 37 heavy (non-hydrogen) atoms. The van der Waals surface area contributed by atoms with Gasteiger partial charge in [-0.1, -0.05) is 66.2 Å². The number of nitrogens with zero attached hydrogens (tertiary/aromatic N) is 1. The fourth-order valence-corrected chi connectivity index (χ4v) is 6.27. The summed E-state index contributed by atoms with van der Waals surface area (Å²) < 4.78 is 27.3. The maximum atomic E-state index is 13.7. The fraction of sp³-hybridized carbons (Fsp3) is 0.103. The van der Waals surface area contributed by atoms with Crippen LogP contribution in [0.5, 0.6) is 0 Å². The average molecular weight is 531 g/mol. The molecule has 0 saturated heterocycles. The van der Waals surface area contributed by atoms with Crippen LogP contribution in [-0.4, -0.2) is 20.2 Å². The number of carbonyl (C=O) groups is 2. The Morgan fingerprint density at radius 1 is 0.892 bits per heavy atom. The molecule has 1 N–H and O–H groups in total. The summed E-state index contributed by atoms with van der Waals surface area (Å²) in [7, 11) is -4.03. The first kappa shape index (κ1) is 24.7. The maximum absolute atomic E-state index is 13.7. The minimum Gasteiger partial charge on any atom is -0.346 e. The van der Waals surface area contributed by atoms with E-state index in [9.17, 15) is 18.0 Å². The first-order valence-corrected chi connectivity index (χ1v) is 13.5. The lowest BCUT2D eigenvalue weighted by molar-refractivity contribution is 0.0937. The molecule has 0 saturated carbocycles. The Balaban J connectivity index is 1.61. The molecule has 1 atom stereocenters. The van der Waals surface area contributed by atoms with Gasteiger partial charge in [0.05, 0.1) is 33.6 Å². The molecule has 1 aliphatic rings. The monoisotopic (exact) mass is 530 g/mol. The Morgan fingerprint density at radius 2 is 1.62 bits per heavy atom. The van der Waals surface area contributed by atoms with Gasteiger partial charge in [-0.15, -0.1) is 0 Å². The smallest absolute Gasteiger partial charge is 0.259 e. The molecule has 0 spiro atoms. The second-order valence-corrected chi connectivity index (χ2v) is 11.1. The number of carbonyl (C=O) groups excluding carboxylic acids is 2. The zero-order valence-corrected chi connectivity index (χ0v) is 21.5. The molecule has 4 aromatic carbocycles. The summed E-state index contributed by atoms with van der Waals surface area (Å²) in [4.78, 5) is 28.2. The third kappa shape index (κ3) is 4.75. The molecule has 4 aromatic rings. The van der Waals surface area contributed by atoms with Crippen LogP contribution in [0.4, 0.5) is 5.69 Å². The van der Waals surface area contributed by atoms with Crippen LogP contribution in [-0.2, 0) is 16.4 Å². The van der Waals surface area contributed by atoms with E-state index < -0.39 is 15.7 Å². The molecule has 0 radical (unpaired) electrons. The van der Waals surface area contributed by atoms with Crippen LogP contribution in [0.15, 0.2) is 107 Å². The van der Waals surface area contributed by atoms with Gasteiger partial charge in [0.1, 0.15) is 0 Å². The molecule has 8 heteroatoms. The van der Waals surface area contributed by atoms with Crippen molar-refractivity contribution in [1.82, 2.24) is 5.32 Å². The van der Waals surface area contributed by atoms with Gasteiger partial charge in [0.25, 0.3) is 11.8 Å². The summed E-state index contributed by atoms with van der Waals surface area (Å²) in [5, 5.41) is 3.44. The number of halogens is 1. The quantitative estimate of drug-likeness (QED) is 0.352. The van der Waals surface area contributed by atoms with Crippen LogP contribution in [0, 0.1) is 0 Å². The standard InChI is InChI=1S/C29H23ClN2O4S/c1-19(21-9-3-2-4-10-21)31-28(33)22-14-15-27-25(17-22)32(18-20-8-7-11-23(30)16-20)29(34)24-12-5-6-13-26(24)37(27,35)36/h2-17,19H,18H2,1H3,(H,31,33). The minimum atomic E-state index is -4.03. The van der Waals surface area contributed by atoms with Crippen molar-refractivity contribution in [3.63, 3.8) is 0 Å². The third-order valence-corrected chi connectivity index (χ3v) is 8.42. The normalized spacial score (nSPS) is 14.8. The third-order valence-electron chi connectivity index (χ3n) is 6.33. The number of rotatable bonds is 5. The molecule has 0 fully saturated rings. The highest BCUT2D eigenvalue weighted by atomic mass is 35.5. The van der Waals surface area contributed by atoms with E-state index in [4.69, 9.17) is 11.6 Å². The van der Waals surface area contributed by atoms with Crippen LogP contribution >= 0.6 is 11.6 Å². The van der Waals surface area contributed by atoms with Crippen molar-refractivity contribution >= 4 is 38.9 Å². The maximum Gasteiger partial charge on any atom is 0.259 e. The van der Waals surface area contributed by atoms with Gasteiger partial charge in [-0.2, -0.15) is 0 Å². The fourth-order valence-electron chi connectivity index (χ4n) is 4.43. The number of anilines is 1. The van der Waals surface area contributed by atoms with E-state index in [1.54, 1.807) is 30.3 Å². The van der Waals surface area contributed by atoms with Crippen molar-refractivity contribution in [3.8, 4) is 0 Å². The molecule has 2 amide bonds. The van der Waals surface area contributed by atoms with Gasteiger partial charge in [-0.3, -0.25) is 9.59 Å². The Bertz CT molecular complexity index is 1620. The zero-order chi connectivity index (χ0) is 26.2. The largest absolute Gasteiger partial charge is 0.346 e. The highest BCUT2D eigenvalue weighted by Gasteiger charge is 2.36. The summed E-state index contributed by atoms with van der Waals surface area (Å²) >= 11 is 6.17. The number of benzene rings is 4. The number of hydrogen-bond donors (Lipinski definition) is 1. The lowest BCUT2D eigenvalue weighted by Crippen LogP contribution is -2.31. The molecule has 1 aliphatic heterocycles. The molecular weight excluding hydrogens is 508 g/mol. The number of sulfone groups is 1. The molecular formula is C29H23ClN2O4S. The Hall–Kier alpha value is -3.94. The SMILES string of the molecule is CC(NC(=O)c1ccc2c(c1)N(Cc1cccc(Cl)c1)C(=O)c1ccccc1S2(=O)=O)c1ccccc1. The van der Waals surface area contributed by atoms with Crippen LogP contribution in [0.2, 0.25) is 5.02 Å². The molecule has 186 valence electrons. The topological polar surface area (TPSA) is 83.6 Å². The minimum absolute atomic E-state index is 0.0412. The number of fused-ring (bicyclic) bond motifs is 2. The molecule has 5 rings (SSSR count). The average Bonchev–Trinajstić information content (AvgIpc) is 2.97. The summed E-state index contributed by atoms with van der Waals surface area (Å²) in [5.74, 6) is -0.860. The highest BCUT2D eigenvalue weighted by molar-refractivity contribution is 7.91. The summed E-state index contributed by atoms with van der Waals surface area (Å²) in [6.07, 6.45) is 0. The summed E-state index contributed by atoms with van der Waals surface area (Å²) in [6, 6.07) is 26.7. The highest BCUT2D eigenvalue weighted by Crippen LogP contribution is 2.38. The van der Waals surface area contributed by atoms with Crippen molar-refractivity contribution in [2.45, 2.75) is 29.3 Å². The lowest BCUT2D eigenvalue weighted by Gasteiger charge is -2.24. The van der Waals surface area contributed by atoms with Crippen LogP contribution < -0.4 is 10.2 Å². The predicted molar refractivity (Wildman–Crippen MR) is 143 cm³/mol. The van der Waals surface area contributed by atoms with E-state index >= 15 is 0 Å². The summed E-state index contributed by atoms with van der Waals surface area (Å²) in [5.41, 5.74) is 2.11. The second-order valence-electron chi connectivity index (χ2n) is 8.81. The molecule has 1 unspecified atom stereocenters. The first-order valence-electron chi connectivity index (χ1n) is 11.7. The summed E-state index contributed by atoms with van der Waals surface area (Å²) in [6.45, 7) is 1.94. The van der Waals surface area contributed by atoms with Crippen LogP contribution in [0.3, 0.4) is 0 Å².